The van der Waals surface area contributed by atoms with Gasteiger partial charge in [0.25, 0.3) is 0 Å². The molecular formula is C12H17N5O3. The van der Waals surface area contributed by atoms with Crippen LogP contribution in [-0.4, -0.2) is 34.5 Å². The van der Waals surface area contributed by atoms with Crippen molar-refractivity contribution in [2.24, 2.45) is 16.8 Å². The van der Waals surface area contributed by atoms with Crippen LogP contribution in [0.4, 0.5) is 11.5 Å². The maximum atomic E-state index is 11.2. The van der Waals surface area contributed by atoms with Gasteiger partial charge >= 0.3 is 5.69 Å². The molecule has 1 aromatic rings. The maximum absolute atomic E-state index is 11.2. The smallest absolute Gasteiger partial charge is 0.312 e. The Bertz CT molecular complexity index is 542. The van der Waals surface area contributed by atoms with E-state index in [-0.39, 0.29) is 17.1 Å². The molecule has 1 saturated carbocycles. The number of nitrogens with two attached hydrogens (primary N) is 1. The number of nitrogens with zero attached hydrogens (tertiary/aromatic N) is 4. The highest BCUT2D eigenvalue weighted by Crippen LogP contribution is 2.31. The van der Waals surface area contributed by atoms with Gasteiger partial charge in [0.15, 0.2) is 5.84 Å². The van der Waals surface area contributed by atoms with E-state index in [4.69, 9.17) is 10.9 Å². The van der Waals surface area contributed by atoms with Gasteiger partial charge in [0.2, 0.25) is 5.82 Å². The van der Waals surface area contributed by atoms with Crippen molar-refractivity contribution in [3.05, 3.63) is 27.9 Å². The van der Waals surface area contributed by atoms with E-state index >= 15 is 0 Å². The lowest BCUT2D eigenvalue weighted by molar-refractivity contribution is -0.384. The molecule has 3 N–H and O–H groups in total. The molecule has 0 spiro atoms. The quantitative estimate of drug-likeness (QED) is 0.276. The molecule has 1 fully saturated rings. The standard InChI is InChI=1S/C12H17N5O3/c1-16(7-8-3-2-4-8)12-10(17(19)20)5-9(6-14-12)11(13)15-18/h5-6,8,18H,2-4,7H2,1H3,(H2,13,15). The summed E-state index contributed by atoms with van der Waals surface area (Å²) < 4.78 is 0. The van der Waals surface area contributed by atoms with Crippen molar-refractivity contribution in [1.82, 2.24) is 4.98 Å². The normalized spacial score (nSPS) is 15.8. The summed E-state index contributed by atoms with van der Waals surface area (Å²) in [4.78, 5) is 16.5. The highest BCUT2D eigenvalue weighted by atomic mass is 16.6. The lowest BCUT2D eigenvalue weighted by atomic mass is 9.85. The van der Waals surface area contributed by atoms with Crippen molar-refractivity contribution >= 4 is 17.3 Å². The van der Waals surface area contributed by atoms with Crippen LogP contribution in [0.3, 0.4) is 0 Å². The highest BCUT2D eigenvalue weighted by molar-refractivity contribution is 5.97. The summed E-state index contributed by atoms with van der Waals surface area (Å²) in [5.41, 5.74) is 5.50. The van der Waals surface area contributed by atoms with Gasteiger partial charge in [-0.05, 0) is 18.8 Å². The summed E-state index contributed by atoms with van der Waals surface area (Å²) in [5, 5.41) is 22.6. The van der Waals surface area contributed by atoms with E-state index in [0.717, 1.165) is 19.4 Å². The second kappa shape index (κ2) is 5.72. The minimum absolute atomic E-state index is 0.143. The van der Waals surface area contributed by atoms with Gasteiger partial charge in [-0.25, -0.2) is 4.98 Å². The molecule has 0 amide bonds. The van der Waals surface area contributed by atoms with Crippen LogP contribution in [0.2, 0.25) is 0 Å². The third kappa shape index (κ3) is 2.79. The van der Waals surface area contributed by atoms with Crippen molar-refractivity contribution in [3.8, 4) is 0 Å². The van der Waals surface area contributed by atoms with Crippen LogP contribution < -0.4 is 10.6 Å². The molecule has 0 aliphatic heterocycles. The summed E-state index contributed by atoms with van der Waals surface area (Å²) in [6, 6.07) is 1.27. The van der Waals surface area contributed by atoms with Crippen LogP contribution in [0.5, 0.6) is 0 Å². The fourth-order valence-electron chi connectivity index (χ4n) is 2.22. The Morgan fingerprint density at radius 3 is 2.90 bits per heavy atom. The zero-order chi connectivity index (χ0) is 14.7. The third-order valence-corrected chi connectivity index (χ3v) is 3.57. The zero-order valence-corrected chi connectivity index (χ0v) is 11.2. The molecule has 2 rings (SSSR count). The minimum Gasteiger partial charge on any atom is -0.409 e. The molecule has 0 bridgehead atoms. The van der Waals surface area contributed by atoms with Crippen LogP contribution in [0.25, 0.3) is 0 Å². The predicted octanol–water partition coefficient (Wildman–Crippen LogP) is 1.32. The third-order valence-electron chi connectivity index (χ3n) is 3.57. The minimum atomic E-state index is -0.506. The molecule has 1 aromatic heterocycles. The van der Waals surface area contributed by atoms with Gasteiger partial charge in [-0.15, -0.1) is 0 Å². The summed E-state index contributed by atoms with van der Waals surface area (Å²) in [5.74, 6) is 0.676. The fourth-order valence-corrected chi connectivity index (χ4v) is 2.22. The van der Waals surface area contributed by atoms with Gasteiger partial charge in [-0.2, -0.15) is 0 Å². The molecule has 0 unspecified atom stereocenters. The Labute approximate surface area is 116 Å². The Kier molecular flexibility index (Phi) is 4.02. The van der Waals surface area contributed by atoms with Crippen molar-refractivity contribution in [2.75, 3.05) is 18.5 Å². The lowest BCUT2D eigenvalue weighted by Gasteiger charge is -2.30. The monoisotopic (exact) mass is 279 g/mol. The first-order chi connectivity index (χ1) is 9.52. The van der Waals surface area contributed by atoms with E-state index in [1.165, 1.54) is 18.7 Å². The molecule has 0 aromatic carbocycles. The summed E-state index contributed by atoms with van der Waals surface area (Å²) in [6.07, 6.45) is 4.89. The van der Waals surface area contributed by atoms with Crippen LogP contribution >= 0.6 is 0 Å². The average molecular weight is 279 g/mol. The molecule has 8 nitrogen and oxygen atoms in total. The van der Waals surface area contributed by atoms with E-state index < -0.39 is 4.92 Å². The molecule has 108 valence electrons. The Balaban J connectivity index is 2.29. The number of aromatic nitrogens is 1. The van der Waals surface area contributed by atoms with E-state index in [0.29, 0.717) is 11.7 Å². The van der Waals surface area contributed by atoms with E-state index in [1.807, 2.05) is 0 Å². The van der Waals surface area contributed by atoms with Gasteiger partial charge in [0, 0.05) is 31.4 Å². The van der Waals surface area contributed by atoms with Crippen LogP contribution in [0.1, 0.15) is 24.8 Å². The molecule has 1 aliphatic carbocycles. The second-order valence-corrected chi connectivity index (χ2v) is 4.99. The number of anilines is 1. The average Bonchev–Trinajstić information content (AvgIpc) is 2.40. The maximum Gasteiger partial charge on any atom is 0.312 e. The highest BCUT2D eigenvalue weighted by Gasteiger charge is 2.25. The van der Waals surface area contributed by atoms with E-state index in [1.54, 1.807) is 11.9 Å². The molecule has 0 atom stereocenters. The van der Waals surface area contributed by atoms with E-state index in [2.05, 4.69) is 10.1 Å². The summed E-state index contributed by atoms with van der Waals surface area (Å²) in [6.45, 7) is 0.747. The number of pyridine rings is 1. The molecule has 1 aliphatic rings. The van der Waals surface area contributed by atoms with Crippen molar-refractivity contribution in [2.45, 2.75) is 19.3 Å². The first-order valence-corrected chi connectivity index (χ1v) is 6.36. The van der Waals surface area contributed by atoms with Crippen molar-refractivity contribution in [1.29, 1.82) is 0 Å². The van der Waals surface area contributed by atoms with Crippen LogP contribution in [-0.2, 0) is 0 Å². The molecule has 0 saturated heterocycles. The van der Waals surface area contributed by atoms with Gasteiger partial charge < -0.3 is 15.8 Å². The first kappa shape index (κ1) is 14.0. The van der Waals surface area contributed by atoms with Gasteiger partial charge in [-0.1, -0.05) is 11.6 Å². The van der Waals surface area contributed by atoms with Crippen molar-refractivity contribution in [3.63, 3.8) is 0 Å². The SMILES string of the molecule is CN(CC1CCC1)c1ncc(C(N)=NO)cc1[N+](=O)[O-]. The van der Waals surface area contributed by atoms with Gasteiger partial charge in [-0.3, -0.25) is 10.1 Å². The fraction of sp³-hybridized carbons (Fsp3) is 0.500. The number of hydrogen-bond donors (Lipinski definition) is 2. The lowest BCUT2D eigenvalue weighted by Crippen LogP contribution is -2.30. The number of hydrogen-bond acceptors (Lipinski definition) is 6. The van der Waals surface area contributed by atoms with Crippen molar-refractivity contribution < 1.29 is 10.1 Å². The Morgan fingerprint density at radius 1 is 1.70 bits per heavy atom. The Hall–Kier alpha value is -2.38. The zero-order valence-electron chi connectivity index (χ0n) is 11.2. The topological polar surface area (TPSA) is 118 Å². The second-order valence-electron chi connectivity index (χ2n) is 4.99. The molecule has 0 radical (unpaired) electrons. The first-order valence-electron chi connectivity index (χ1n) is 6.36. The molecule has 1 heterocycles. The summed E-state index contributed by atoms with van der Waals surface area (Å²) >= 11 is 0. The summed E-state index contributed by atoms with van der Waals surface area (Å²) in [7, 11) is 1.79. The number of amidine groups is 1. The number of oxime groups is 1. The molecular weight excluding hydrogens is 262 g/mol. The predicted molar refractivity (Wildman–Crippen MR) is 74.0 cm³/mol. The molecule has 8 heteroatoms. The van der Waals surface area contributed by atoms with Crippen LogP contribution in [0.15, 0.2) is 17.4 Å². The Morgan fingerprint density at radius 2 is 2.40 bits per heavy atom. The molecule has 20 heavy (non-hydrogen) atoms. The van der Waals surface area contributed by atoms with Crippen LogP contribution in [0, 0.1) is 16.0 Å². The van der Waals surface area contributed by atoms with Gasteiger partial charge in [0.1, 0.15) is 0 Å². The number of nitro groups is 1. The largest absolute Gasteiger partial charge is 0.409 e. The van der Waals surface area contributed by atoms with E-state index in [9.17, 15) is 10.1 Å². The number of rotatable bonds is 5. The van der Waals surface area contributed by atoms with Gasteiger partial charge in [0.05, 0.1) is 4.92 Å².